The van der Waals surface area contributed by atoms with Gasteiger partial charge in [0.2, 0.25) is 0 Å². The van der Waals surface area contributed by atoms with Crippen molar-refractivity contribution >= 4 is 23.3 Å². The highest BCUT2D eigenvalue weighted by molar-refractivity contribution is 6.20. The largest absolute Gasteiger partial charge is 0.478 e. The zero-order valence-corrected chi connectivity index (χ0v) is 10.4. The smallest absolute Gasteiger partial charge is 0.336 e. The van der Waals surface area contributed by atoms with Gasteiger partial charge in [-0.2, -0.15) is 0 Å². The van der Waals surface area contributed by atoms with E-state index >= 15 is 0 Å². The van der Waals surface area contributed by atoms with Crippen molar-refractivity contribution in [2.75, 3.05) is 0 Å². The Bertz CT molecular complexity index is 660. The summed E-state index contributed by atoms with van der Waals surface area (Å²) in [5, 5.41) is 19.8. The molecule has 2 rings (SSSR count). The number of non-ortho nitro benzene ring substituents is 1. The molecule has 2 aromatic rings. The van der Waals surface area contributed by atoms with Crippen molar-refractivity contribution in [2.24, 2.45) is 0 Å². The topological polar surface area (TPSA) is 80.4 Å². The molecule has 0 radical (unpaired) electrons. The Morgan fingerprint density at radius 3 is 2.15 bits per heavy atom. The predicted molar refractivity (Wildman–Crippen MR) is 75.0 cm³/mol. The molecule has 0 aromatic heterocycles. The van der Waals surface area contributed by atoms with Crippen molar-refractivity contribution in [3.8, 4) is 0 Å². The first-order valence-corrected chi connectivity index (χ1v) is 5.83. The number of nitro benzene ring substituents is 1. The molecule has 0 fully saturated rings. The zero-order chi connectivity index (χ0) is 14.5. The van der Waals surface area contributed by atoms with Crippen molar-refractivity contribution < 1.29 is 14.8 Å². The second kappa shape index (κ2) is 5.79. The maximum Gasteiger partial charge on any atom is 0.336 e. The Labute approximate surface area is 115 Å². The number of hydrogen-bond acceptors (Lipinski definition) is 3. The molecule has 0 saturated heterocycles. The average Bonchev–Trinajstić information content (AvgIpc) is 2.46. The number of benzene rings is 2. The third-order valence-electron chi connectivity index (χ3n) is 2.73. The second-order valence-electron chi connectivity index (χ2n) is 4.08. The summed E-state index contributed by atoms with van der Waals surface area (Å²) in [6, 6.07) is 14.4. The minimum Gasteiger partial charge on any atom is -0.478 e. The number of hydrogen-bond donors (Lipinski definition) is 1. The van der Waals surface area contributed by atoms with Gasteiger partial charge in [-0.1, -0.05) is 30.3 Å². The highest BCUT2D eigenvalue weighted by Crippen LogP contribution is 2.20. The summed E-state index contributed by atoms with van der Waals surface area (Å²) in [5.41, 5.74) is 1.29. The fraction of sp³-hybridized carbons (Fsp3) is 0. The van der Waals surface area contributed by atoms with Crippen molar-refractivity contribution in [2.45, 2.75) is 0 Å². The summed E-state index contributed by atoms with van der Waals surface area (Å²) in [5.74, 6) is -1.05. The number of aliphatic carboxylic acids is 1. The lowest BCUT2D eigenvalue weighted by Crippen LogP contribution is -1.99. The number of carboxylic acids is 1. The molecular formula is C15H11NO4. The zero-order valence-electron chi connectivity index (χ0n) is 10.4. The Morgan fingerprint density at radius 1 is 1.05 bits per heavy atom. The molecule has 2 aromatic carbocycles. The number of carboxylic acid groups (broad SMARTS) is 1. The van der Waals surface area contributed by atoms with E-state index < -0.39 is 10.9 Å². The molecule has 0 atom stereocenters. The quantitative estimate of drug-likeness (QED) is 0.400. The molecule has 0 aliphatic carbocycles. The van der Waals surface area contributed by atoms with Crippen LogP contribution in [0, 0.1) is 10.1 Å². The Balaban J connectivity index is 2.39. The van der Waals surface area contributed by atoms with Crippen LogP contribution in [-0.2, 0) is 4.79 Å². The number of carbonyl (C=O) groups is 1. The standard InChI is InChI=1S/C15H11NO4/c17-15(18)14(12-4-2-1-3-5-12)10-11-6-8-13(9-7-11)16(19)20/h1-10H,(H,17,18)/b14-10-. The van der Waals surface area contributed by atoms with Gasteiger partial charge >= 0.3 is 5.97 Å². The molecule has 0 spiro atoms. The summed E-state index contributed by atoms with van der Waals surface area (Å²) in [7, 11) is 0. The molecule has 1 N–H and O–H groups in total. The van der Waals surface area contributed by atoms with Crippen molar-refractivity contribution in [3.05, 3.63) is 75.8 Å². The minimum atomic E-state index is -1.05. The lowest BCUT2D eigenvalue weighted by molar-refractivity contribution is -0.384. The van der Waals surface area contributed by atoms with Crippen molar-refractivity contribution in [1.29, 1.82) is 0 Å². The molecule has 0 bridgehead atoms. The minimum absolute atomic E-state index is 0.0289. The van der Waals surface area contributed by atoms with Crippen molar-refractivity contribution in [1.82, 2.24) is 0 Å². The summed E-state index contributed by atoms with van der Waals surface area (Å²) in [6.45, 7) is 0. The van der Waals surface area contributed by atoms with Gasteiger partial charge in [-0.3, -0.25) is 10.1 Å². The summed E-state index contributed by atoms with van der Waals surface area (Å²) in [4.78, 5) is 21.4. The van der Waals surface area contributed by atoms with E-state index in [1.807, 2.05) is 0 Å². The molecular weight excluding hydrogens is 258 g/mol. The van der Waals surface area contributed by atoms with Crippen LogP contribution in [0.4, 0.5) is 5.69 Å². The van der Waals surface area contributed by atoms with E-state index in [4.69, 9.17) is 0 Å². The summed E-state index contributed by atoms with van der Waals surface area (Å²) < 4.78 is 0. The highest BCUT2D eigenvalue weighted by Gasteiger charge is 2.10. The molecule has 0 aliphatic heterocycles. The maximum atomic E-state index is 11.3. The monoisotopic (exact) mass is 269 g/mol. The molecule has 0 heterocycles. The number of rotatable bonds is 4. The molecule has 0 saturated carbocycles. The Hall–Kier alpha value is -2.95. The molecule has 0 aliphatic rings. The third kappa shape index (κ3) is 3.08. The lowest BCUT2D eigenvalue weighted by atomic mass is 10.0. The van der Waals surface area contributed by atoms with Crippen LogP contribution >= 0.6 is 0 Å². The van der Waals surface area contributed by atoms with Gasteiger partial charge in [0, 0.05) is 12.1 Å². The Kier molecular flexibility index (Phi) is 3.91. The van der Waals surface area contributed by atoms with E-state index in [0.29, 0.717) is 11.1 Å². The van der Waals surface area contributed by atoms with Gasteiger partial charge in [0.05, 0.1) is 10.5 Å². The third-order valence-corrected chi connectivity index (χ3v) is 2.73. The highest BCUT2D eigenvalue weighted by atomic mass is 16.6. The van der Waals surface area contributed by atoms with Crippen LogP contribution in [0.15, 0.2) is 54.6 Å². The van der Waals surface area contributed by atoms with Crippen LogP contribution < -0.4 is 0 Å². The molecule has 0 amide bonds. The van der Waals surface area contributed by atoms with Crippen LogP contribution in [0.5, 0.6) is 0 Å². The number of nitro groups is 1. The fourth-order valence-electron chi connectivity index (χ4n) is 1.75. The normalized spacial score (nSPS) is 11.1. The SMILES string of the molecule is O=C(O)/C(=C\c1ccc([N+](=O)[O-])cc1)c1ccccc1. The van der Waals surface area contributed by atoms with E-state index in [1.165, 1.54) is 30.3 Å². The van der Waals surface area contributed by atoms with Crippen molar-refractivity contribution in [3.63, 3.8) is 0 Å². The van der Waals surface area contributed by atoms with Gasteiger partial charge in [0.25, 0.3) is 5.69 Å². The van der Waals surface area contributed by atoms with E-state index in [1.54, 1.807) is 30.3 Å². The molecule has 5 nitrogen and oxygen atoms in total. The van der Waals surface area contributed by atoms with Gasteiger partial charge in [0.15, 0.2) is 0 Å². The average molecular weight is 269 g/mol. The van der Waals surface area contributed by atoms with Gasteiger partial charge in [0.1, 0.15) is 0 Å². The van der Waals surface area contributed by atoms with Gasteiger partial charge in [-0.15, -0.1) is 0 Å². The van der Waals surface area contributed by atoms with Gasteiger partial charge in [-0.25, -0.2) is 4.79 Å². The van der Waals surface area contributed by atoms with Gasteiger partial charge < -0.3 is 5.11 Å². The predicted octanol–water partition coefficient (Wildman–Crippen LogP) is 3.22. The fourth-order valence-corrected chi connectivity index (χ4v) is 1.75. The summed E-state index contributed by atoms with van der Waals surface area (Å²) >= 11 is 0. The van der Waals surface area contributed by atoms with Crippen LogP contribution in [0.3, 0.4) is 0 Å². The van der Waals surface area contributed by atoms with E-state index in [0.717, 1.165) is 0 Å². The van der Waals surface area contributed by atoms with E-state index in [2.05, 4.69) is 0 Å². The molecule has 5 heteroatoms. The maximum absolute atomic E-state index is 11.3. The van der Waals surface area contributed by atoms with E-state index in [9.17, 15) is 20.0 Å². The van der Waals surface area contributed by atoms with Crippen LogP contribution in [-0.4, -0.2) is 16.0 Å². The Morgan fingerprint density at radius 2 is 1.65 bits per heavy atom. The first-order chi connectivity index (χ1) is 9.58. The summed E-state index contributed by atoms with van der Waals surface area (Å²) in [6.07, 6.45) is 1.49. The second-order valence-corrected chi connectivity index (χ2v) is 4.08. The van der Waals surface area contributed by atoms with Crippen LogP contribution in [0.1, 0.15) is 11.1 Å². The van der Waals surface area contributed by atoms with Crippen LogP contribution in [0.2, 0.25) is 0 Å². The van der Waals surface area contributed by atoms with Gasteiger partial charge in [-0.05, 0) is 29.3 Å². The number of nitrogens with zero attached hydrogens (tertiary/aromatic N) is 1. The van der Waals surface area contributed by atoms with E-state index in [-0.39, 0.29) is 11.3 Å². The molecule has 20 heavy (non-hydrogen) atoms. The molecule has 0 unspecified atom stereocenters. The first kappa shape index (κ1) is 13.5. The van der Waals surface area contributed by atoms with Crippen LogP contribution in [0.25, 0.3) is 11.6 Å². The first-order valence-electron chi connectivity index (χ1n) is 5.83. The lowest BCUT2D eigenvalue weighted by Gasteiger charge is -2.02. The molecule has 100 valence electrons.